The number of rotatable bonds is 4. The van der Waals surface area contributed by atoms with E-state index in [1.807, 2.05) is 32.0 Å². The third-order valence-corrected chi connectivity index (χ3v) is 4.91. The molecule has 0 atom stereocenters. The highest BCUT2D eigenvalue weighted by Gasteiger charge is 2.25. The second-order valence-corrected chi connectivity index (χ2v) is 7.74. The van der Waals surface area contributed by atoms with Crippen LogP contribution in [-0.4, -0.2) is 39.9 Å². The van der Waals surface area contributed by atoms with Gasteiger partial charge in [-0.2, -0.15) is 0 Å². The third-order valence-electron chi connectivity index (χ3n) is 4.91. The standard InChI is InChI=1S/C25H23N5O3/c1-17(2)33-22-14-23(27-15-20(22)6-5-18-9-11-26-12-10-18)29-25(32)30-13-3-4-19-7-8-21(16-31)28-24(19)30/h7-12,14-17H,3-4,13H2,1-2H3,(H,27,29,32). The summed E-state index contributed by atoms with van der Waals surface area (Å²) in [7, 11) is 0. The quantitative estimate of drug-likeness (QED) is 0.488. The van der Waals surface area contributed by atoms with Crippen LogP contribution in [0.25, 0.3) is 0 Å². The number of amides is 2. The van der Waals surface area contributed by atoms with Crippen LogP contribution >= 0.6 is 0 Å². The molecule has 0 unspecified atom stereocenters. The van der Waals surface area contributed by atoms with Crippen LogP contribution in [0.5, 0.6) is 5.75 Å². The van der Waals surface area contributed by atoms with E-state index in [-0.39, 0.29) is 17.8 Å². The lowest BCUT2D eigenvalue weighted by Crippen LogP contribution is -2.39. The molecule has 0 radical (unpaired) electrons. The van der Waals surface area contributed by atoms with E-state index in [2.05, 4.69) is 32.1 Å². The van der Waals surface area contributed by atoms with Crippen molar-refractivity contribution in [1.82, 2.24) is 15.0 Å². The Hall–Kier alpha value is -4.25. The van der Waals surface area contributed by atoms with Gasteiger partial charge in [-0.05, 0) is 50.5 Å². The number of nitrogens with one attached hydrogen (secondary N) is 1. The lowest BCUT2D eigenvalue weighted by Gasteiger charge is -2.28. The molecule has 2 amide bonds. The first-order valence-electron chi connectivity index (χ1n) is 10.7. The van der Waals surface area contributed by atoms with E-state index in [0.717, 1.165) is 24.0 Å². The maximum atomic E-state index is 13.0. The number of nitrogens with zero attached hydrogens (tertiary/aromatic N) is 4. The molecule has 1 aliphatic heterocycles. The Balaban J connectivity index is 1.58. The van der Waals surface area contributed by atoms with E-state index in [9.17, 15) is 9.59 Å². The van der Waals surface area contributed by atoms with Gasteiger partial charge in [0.05, 0.1) is 11.7 Å². The second kappa shape index (κ2) is 9.92. The fourth-order valence-electron chi connectivity index (χ4n) is 3.42. The van der Waals surface area contributed by atoms with Gasteiger partial charge in [-0.15, -0.1) is 0 Å². The van der Waals surface area contributed by atoms with Crippen LogP contribution in [0, 0.1) is 11.8 Å². The van der Waals surface area contributed by atoms with Crippen LogP contribution in [0.15, 0.2) is 48.9 Å². The first-order chi connectivity index (χ1) is 16.0. The van der Waals surface area contributed by atoms with Gasteiger partial charge in [0.1, 0.15) is 23.1 Å². The van der Waals surface area contributed by atoms with E-state index in [0.29, 0.717) is 35.8 Å². The summed E-state index contributed by atoms with van der Waals surface area (Å²) in [4.78, 5) is 38.4. The average molecular weight is 441 g/mol. The molecule has 0 saturated carbocycles. The number of hydrogen-bond donors (Lipinski definition) is 1. The normalized spacial score (nSPS) is 12.4. The van der Waals surface area contributed by atoms with Crippen LogP contribution in [0.3, 0.4) is 0 Å². The molecule has 1 N–H and O–H groups in total. The molecule has 0 aromatic carbocycles. The summed E-state index contributed by atoms with van der Waals surface area (Å²) in [6.07, 6.45) is 7.14. The number of ether oxygens (including phenoxy) is 1. The molecule has 0 aliphatic carbocycles. The first-order valence-corrected chi connectivity index (χ1v) is 10.7. The zero-order chi connectivity index (χ0) is 23.2. The number of anilines is 2. The summed E-state index contributed by atoms with van der Waals surface area (Å²) in [5.41, 5.74) is 2.65. The lowest BCUT2D eigenvalue weighted by molar-refractivity contribution is 0.111. The third kappa shape index (κ3) is 5.33. The number of aryl methyl sites for hydroxylation is 1. The summed E-state index contributed by atoms with van der Waals surface area (Å²) < 4.78 is 5.92. The fourth-order valence-corrected chi connectivity index (χ4v) is 3.42. The van der Waals surface area contributed by atoms with Crippen LogP contribution in [0.1, 0.15) is 47.4 Å². The van der Waals surface area contributed by atoms with E-state index >= 15 is 0 Å². The molecular formula is C25H23N5O3. The number of urea groups is 1. The molecule has 0 saturated heterocycles. The van der Waals surface area contributed by atoms with Crippen molar-refractivity contribution < 1.29 is 14.3 Å². The van der Waals surface area contributed by atoms with Gasteiger partial charge in [0.2, 0.25) is 0 Å². The minimum Gasteiger partial charge on any atom is -0.490 e. The number of hydrogen-bond acceptors (Lipinski definition) is 6. The van der Waals surface area contributed by atoms with Crippen molar-refractivity contribution in [2.24, 2.45) is 0 Å². The summed E-state index contributed by atoms with van der Waals surface area (Å²) >= 11 is 0. The first kappa shape index (κ1) is 22.0. The van der Waals surface area contributed by atoms with Crippen molar-refractivity contribution >= 4 is 24.0 Å². The van der Waals surface area contributed by atoms with Gasteiger partial charge in [0.25, 0.3) is 0 Å². The minimum atomic E-state index is -0.370. The molecule has 3 aromatic rings. The highest BCUT2D eigenvalue weighted by atomic mass is 16.5. The molecule has 0 spiro atoms. The number of pyridine rings is 3. The molecule has 8 heteroatoms. The Kier molecular flexibility index (Phi) is 6.60. The van der Waals surface area contributed by atoms with Crippen molar-refractivity contribution in [3.8, 4) is 17.6 Å². The highest BCUT2D eigenvalue weighted by Crippen LogP contribution is 2.27. The minimum absolute atomic E-state index is 0.0858. The Bertz CT molecular complexity index is 1230. The van der Waals surface area contributed by atoms with Crippen LogP contribution < -0.4 is 15.0 Å². The molecule has 33 heavy (non-hydrogen) atoms. The smallest absolute Gasteiger partial charge is 0.328 e. The Labute approximate surface area is 192 Å². The molecule has 1 aliphatic rings. The van der Waals surface area contributed by atoms with Crippen molar-refractivity contribution in [2.45, 2.75) is 32.8 Å². The van der Waals surface area contributed by atoms with E-state index in [4.69, 9.17) is 4.74 Å². The molecule has 8 nitrogen and oxygen atoms in total. The van der Waals surface area contributed by atoms with E-state index < -0.39 is 0 Å². The number of aromatic nitrogens is 3. The lowest BCUT2D eigenvalue weighted by atomic mass is 10.1. The van der Waals surface area contributed by atoms with Crippen LogP contribution in [-0.2, 0) is 6.42 Å². The van der Waals surface area contributed by atoms with Crippen molar-refractivity contribution in [1.29, 1.82) is 0 Å². The fraction of sp³-hybridized carbons (Fsp3) is 0.240. The Morgan fingerprint density at radius 3 is 2.79 bits per heavy atom. The van der Waals surface area contributed by atoms with Gasteiger partial charge in [-0.25, -0.2) is 14.8 Å². The molecule has 4 rings (SSSR count). The van der Waals surface area contributed by atoms with Gasteiger partial charge in [-0.3, -0.25) is 20.0 Å². The largest absolute Gasteiger partial charge is 0.490 e. The number of carbonyl (C=O) groups excluding carboxylic acids is 2. The molecule has 4 heterocycles. The Morgan fingerprint density at radius 2 is 2.03 bits per heavy atom. The van der Waals surface area contributed by atoms with E-state index in [1.54, 1.807) is 30.7 Å². The maximum absolute atomic E-state index is 13.0. The van der Waals surface area contributed by atoms with Gasteiger partial charge in [-0.1, -0.05) is 17.9 Å². The van der Waals surface area contributed by atoms with Crippen LogP contribution in [0.2, 0.25) is 0 Å². The molecule has 3 aromatic heterocycles. The van der Waals surface area contributed by atoms with Gasteiger partial charge < -0.3 is 4.74 Å². The molecule has 0 bridgehead atoms. The van der Waals surface area contributed by atoms with Crippen molar-refractivity contribution in [3.63, 3.8) is 0 Å². The summed E-state index contributed by atoms with van der Waals surface area (Å²) in [5.74, 6) is 7.50. The molecule has 0 fully saturated rings. The van der Waals surface area contributed by atoms with Crippen molar-refractivity contribution in [2.75, 3.05) is 16.8 Å². The SMILES string of the molecule is CC(C)Oc1cc(NC(=O)N2CCCc3ccc(C=O)nc32)ncc1C#Cc1ccncc1. The molecule has 166 valence electrons. The maximum Gasteiger partial charge on any atom is 0.328 e. The van der Waals surface area contributed by atoms with Gasteiger partial charge in [0.15, 0.2) is 6.29 Å². The summed E-state index contributed by atoms with van der Waals surface area (Å²) in [5, 5.41) is 2.82. The van der Waals surface area contributed by atoms with Crippen molar-refractivity contribution in [3.05, 3.63) is 71.3 Å². The highest BCUT2D eigenvalue weighted by molar-refractivity contribution is 6.01. The topological polar surface area (TPSA) is 97.3 Å². The number of aldehydes is 1. The number of carbonyl (C=O) groups is 2. The monoisotopic (exact) mass is 441 g/mol. The van der Waals surface area contributed by atoms with Gasteiger partial charge in [0, 0.05) is 36.8 Å². The Morgan fingerprint density at radius 1 is 1.21 bits per heavy atom. The average Bonchev–Trinajstić information content (AvgIpc) is 2.83. The summed E-state index contributed by atoms with van der Waals surface area (Å²) in [6, 6.07) is 8.43. The predicted octanol–water partition coefficient (Wildman–Crippen LogP) is 3.86. The predicted molar refractivity (Wildman–Crippen MR) is 125 cm³/mol. The number of fused-ring (bicyclic) bond motifs is 1. The van der Waals surface area contributed by atoms with Gasteiger partial charge >= 0.3 is 6.03 Å². The summed E-state index contributed by atoms with van der Waals surface area (Å²) in [6.45, 7) is 4.33. The molecular weight excluding hydrogens is 418 g/mol. The zero-order valence-electron chi connectivity index (χ0n) is 18.4. The van der Waals surface area contributed by atoms with E-state index in [1.165, 1.54) is 4.90 Å². The van der Waals surface area contributed by atoms with Crippen LogP contribution in [0.4, 0.5) is 16.4 Å². The second-order valence-electron chi connectivity index (χ2n) is 7.74. The zero-order valence-corrected chi connectivity index (χ0v) is 18.4.